The number of hydrogen-bond donors (Lipinski definition) is 2. The molecular weight excluding hydrogens is 407 g/mol. The van der Waals surface area contributed by atoms with Gasteiger partial charge in [0.05, 0.1) is 17.2 Å². The molecule has 3 N–H and O–H groups in total. The van der Waals surface area contributed by atoms with Crippen LogP contribution in [0.3, 0.4) is 0 Å². The zero-order chi connectivity index (χ0) is 15.2. The first-order chi connectivity index (χ1) is 10.1. The summed E-state index contributed by atoms with van der Waals surface area (Å²) in [6.45, 7) is 6.92. The van der Waals surface area contributed by atoms with E-state index in [-0.39, 0.29) is 24.0 Å². The minimum Gasteiger partial charge on any atom is -0.370 e. The van der Waals surface area contributed by atoms with E-state index in [9.17, 15) is 0 Å². The molecule has 4 nitrogen and oxygen atoms in total. The summed E-state index contributed by atoms with van der Waals surface area (Å²) in [5.41, 5.74) is 9.14. The van der Waals surface area contributed by atoms with E-state index in [0.717, 1.165) is 22.8 Å². The van der Waals surface area contributed by atoms with Crippen molar-refractivity contribution in [2.45, 2.75) is 39.7 Å². The Morgan fingerprint density at radius 3 is 2.82 bits per heavy atom. The van der Waals surface area contributed by atoms with E-state index in [0.29, 0.717) is 18.4 Å². The zero-order valence-electron chi connectivity index (χ0n) is 13.2. The number of hydrogen-bond acceptors (Lipinski definition) is 3. The molecule has 2 aromatic rings. The van der Waals surface area contributed by atoms with Crippen molar-refractivity contribution < 1.29 is 0 Å². The van der Waals surface area contributed by atoms with E-state index in [1.54, 1.807) is 11.3 Å². The van der Waals surface area contributed by atoms with Crippen LogP contribution in [0.25, 0.3) is 0 Å². The van der Waals surface area contributed by atoms with Crippen molar-refractivity contribution in [2.24, 2.45) is 10.7 Å². The lowest BCUT2D eigenvalue weighted by atomic mass is 10.1. The fourth-order valence-corrected chi connectivity index (χ4v) is 2.71. The number of rotatable bonds is 5. The van der Waals surface area contributed by atoms with Crippen LogP contribution in [0.15, 0.2) is 34.6 Å². The van der Waals surface area contributed by atoms with Crippen molar-refractivity contribution in [1.82, 2.24) is 4.98 Å². The number of nitrogens with zero attached hydrogens (tertiary/aromatic N) is 2. The topological polar surface area (TPSA) is 63.3 Å². The monoisotopic (exact) mass is 430 g/mol. The molecule has 120 valence electrons. The van der Waals surface area contributed by atoms with Crippen molar-refractivity contribution in [3.8, 4) is 0 Å². The number of aromatic nitrogens is 1. The third-order valence-corrected chi connectivity index (χ3v) is 4.28. The Bertz CT molecular complexity index is 622. The fraction of sp³-hybridized carbons (Fsp3) is 0.375. The van der Waals surface area contributed by atoms with Gasteiger partial charge in [0.1, 0.15) is 0 Å². The highest BCUT2D eigenvalue weighted by molar-refractivity contribution is 14.0. The van der Waals surface area contributed by atoms with Gasteiger partial charge in [-0.15, -0.1) is 35.3 Å². The van der Waals surface area contributed by atoms with Gasteiger partial charge in [-0.25, -0.2) is 9.98 Å². The molecule has 0 spiro atoms. The molecule has 0 saturated carbocycles. The first-order valence-electron chi connectivity index (χ1n) is 7.18. The van der Waals surface area contributed by atoms with Crippen molar-refractivity contribution in [3.63, 3.8) is 0 Å². The first kappa shape index (κ1) is 18.9. The third-order valence-electron chi connectivity index (χ3n) is 3.08. The van der Waals surface area contributed by atoms with E-state index in [1.165, 1.54) is 5.56 Å². The predicted molar refractivity (Wildman–Crippen MR) is 106 cm³/mol. The average molecular weight is 430 g/mol. The Kier molecular flexibility index (Phi) is 7.81. The van der Waals surface area contributed by atoms with Crippen LogP contribution < -0.4 is 11.1 Å². The maximum Gasteiger partial charge on any atom is 0.193 e. The standard InChI is InChI=1S/C16H22N4S.HI/c1-4-12-6-5-7-13(8-12)20-16(17)18-9-14-10-21-15(19-14)11(2)3;/h5-8,10-11H,4,9H2,1-3H3,(H3,17,18,20);1H. The quantitative estimate of drug-likeness (QED) is 0.421. The first-order valence-corrected chi connectivity index (χ1v) is 8.06. The molecule has 0 aliphatic carbocycles. The van der Waals surface area contributed by atoms with Crippen LogP contribution in [0.5, 0.6) is 0 Å². The third kappa shape index (κ3) is 5.57. The van der Waals surface area contributed by atoms with Crippen LogP contribution in [0.2, 0.25) is 0 Å². The van der Waals surface area contributed by atoms with Crippen LogP contribution in [0.4, 0.5) is 5.69 Å². The molecule has 0 radical (unpaired) electrons. The second-order valence-electron chi connectivity index (χ2n) is 5.21. The Labute approximate surface area is 153 Å². The van der Waals surface area contributed by atoms with Crippen molar-refractivity contribution in [3.05, 3.63) is 45.9 Å². The molecule has 2 rings (SSSR count). The largest absolute Gasteiger partial charge is 0.370 e. The second kappa shape index (κ2) is 9.09. The number of benzene rings is 1. The number of guanidine groups is 1. The summed E-state index contributed by atoms with van der Waals surface area (Å²) in [5, 5.41) is 6.31. The highest BCUT2D eigenvalue weighted by Crippen LogP contribution is 2.19. The molecule has 0 fully saturated rings. The number of nitrogens with one attached hydrogen (secondary N) is 1. The number of nitrogens with two attached hydrogens (primary N) is 1. The maximum atomic E-state index is 5.93. The fourth-order valence-electron chi connectivity index (χ4n) is 1.88. The normalized spacial score (nSPS) is 11.4. The Morgan fingerprint density at radius 1 is 1.41 bits per heavy atom. The van der Waals surface area contributed by atoms with Crippen LogP contribution in [0.1, 0.15) is 43.0 Å². The number of anilines is 1. The van der Waals surface area contributed by atoms with Gasteiger partial charge in [0.2, 0.25) is 0 Å². The average Bonchev–Trinajstić information content (AvgIpc) is 2.94. The molecule has 0 amide bonds. The van der Waals surface area contributed by atoms with Crippen LogP contribution in [-0.2, 0) is 13.0 Å². The lowest BCUT2D eigenvalue weighted by molar-refractivity contribution is 0.837. The number of thiazole rings is 1. The van der Waals surface area contributed by atoms with Gasteiger partial charge in [-0.2, -0.15) is 0 Å². The zero-order valence-corrected chi connectivity index (χ0v) is 16.3. The number of aryl methyl sites for hydroxylation is 1. The SMILES string of the molecule is CCc1cccc(NC(N)=NCc2csc(C(C)C)n2)c1.I. The molecule has 0 atom stereocenters. The molecule has 0 aliphatic rings. The molecule has 22 heavy (non-hydrogen) atoms. The molecular formula is C16H23IN4S. The molecule has 6 heteroatoms. The second-order valence-corrected chi connectivity index (χ2v) is 6.10. The summed E-state index contributed by atoms with van der Waals surface area (Å²) in [4.78, 5) is 8.89. The molecule has 1 aromatic heterocycles. The van der Waals surface area contributed by atoms with Gasteiger partial charge in [-0.3, -0.25) is 0 Å². The van der Waals surface area contributed by atoms with E-state index in [4.69, 9.17) is 5.73 Å². The van der Waals surface area contributed by atoms with E-state index in [1.807, 2.05) is 17.5 Å². The molecule has 1 aromatic carbocycles. The van der Waals surface area contributed by atoms with Crippen molar-refractivity contribution in [1.29, 1.82) is 0 Å². The van der Waals surface area contributed by atoms with Crippen molar-refractivity contribution in [2.75, 3.05) is 5.32 Å². The van der Waals surface area contributed by atoms with Crippen LogP contribution in [-0.4, -0.2) is 10.9 Å². The smallest absolute Gasteiger partial charge is 0.193 e. The maximum absolute atomic E-state index is 5.93. The van der Waals surface area contributed by atoms with E-state index < -0.39 is 0 Å². The Morgan fingerprint density at radius 2 is 2.18 bits per heavy atom. The molecule has 0 aliphatic heterocycles. The minimum atomic E-state index is 0. The van der Waals surface area contributed by atoms with E-state index >= 15 is 0 Å². The summed E-state index contributed by atoms with van der Waals surface area (Å²) >= 11 is 1.68. The summed E-state index contributed by atoms with van der Waals surface area (Å²) in [7, 11) is 0. The number of halogens is 1. The lowest BCUT2D eigenvalue weighted by Gasteiger charge is -2.06. The van der Waals surface area contributed by atoms with Gasteiger partial charge in [-0.1, -0.05) is 32.9 Å². The molecule has 0 saturated heterocycles. The van der Waals surface area contributed by atoms with Gasteiger partial charge in [0, 0.05) is 17.0 Å². The molecule has 0 bridgehead atoms. The number of aliphatic imine (C=N–C) groups is 1. The summed E-state index contributed by atoms with van der Waals surface area (Å²) in [6, 6.07) is 8.19. The summed E-state index contributed by atoms with van der Waals surface area (Å²) in [6.07, 6.45) is 1.00. The lowest BCUT2D eigenvalue weighted by Crippen LogP contribution is -2.22. The Balaban J connectivity index is 0.00000242. The highest BCUT2D eigenvalue weighted by Gasteiger charge is 2.05. The highest BCUT2D eigenvalue weighted by atomic mass is 127. The Hall–Kier alpha value is -1.15. The van der Waals surface area contributed by atoms with Gasteiger partial charge < -0.3 is 11.1 Å². The van der Waals surface area contributed by atoms with Crippen LogP contribution >= 0.6 is 35.3 Å². The van der Waals surface area contributed by atoms with Crippen LogP contribution in [0, 0.1) is 0 Å². The molecule has 1 heterocycles. The van der Waals surface area contributed by atoms with Crippen molar-refractivity contribution >= 4 is 47.0 Å². The predicted octanol–water partition coefficient (Wildman–Crippen LogP) is 4.37. The summed E-state index contributed by atoms with van der Waals surface area (Å²) < 4.78 is 0. The van der Waals surface area contributed by atoms with E-state index in [2.05, 4.69) is 48.2 Å². The van der Waals surface area contributed by atoms with Gasteiger partial charge in [0.15, 0.2) is 5.96 Å². The van der Waals surface area contributed by atoms with Gasteiger partial charge in [-0.05, 0) is 24.1 Å². The summed E-state index contributed by atoms with van der Waals surface area (Å²) in [5.74, 6) is 0.877. The molecule has 0 unspecified atom stereocenters. The van der Waals surface area contributed by atoms with Gasteiger partial charge >= 0.3 is 0 Å². The minimum absolute atomic E-state index is 0. The van der Waals surface area contributed by atoms with Gasteiger partial charge in [0.25, 0.3) is 0 Å².